The van der Waals surface area contributed by atoms with Gasteiger partial charge in [-0.15, -0.1) is 0 Å². The number of benzene rings is 1. The van der Waals surface area contributed by atoms with Gasteiger partial charge in [0, 0.05) is 0 Å². The lowest BCUT2D eigenvalue weighted by Gasteiger charge is -2.19. The second-order valence-electron chi connectivity index (χ2n) is 6.57. The van der Waals surface area contributed by atoms with Gasteiger partial charge in [0.15, 0.2) is 6.61 Å². The van der Waals surface area contributed by atoms with E-state index in [0.717, 1.165) is 17.7 Å². The molecule has 144 valence electrons. The van der Waals surface area contributed by atoms with Gasteiger partial charge in [-0.3, -0.25) is 24.1 Å². The van der Waals surface area contributed by atoms with E-state index in [1.165, 1.54) is 0 Å². The first-order valence-electron chi connectivity index (χ1n) is 8.63. The Hall–Kier alpha value is -2.12. The van der Waals surface area contributed by atoms with Gasteiger partial charge in [-0.05, 0) is 25.0 Å². The maximum absolute atomic E-state index is 12.3. The number of hydrogen-bond acceptors (Lipinski definition) is 5. The molecule has 2 aliphatic rings. The number of ether oxygens (including phenoxy) is 1. The number of carbonyl (C=O) groups excluding carboxylic acids is 4. The van der Waals surface area contributed by atoms with Gasteiger partial charge >= 0.3 is 5.97 Å². The minimum Gasteiger partial charge on any atom is -0.454 e. The standard InChI is InChI=1S/C18H18Cl2N2O5/c19-12-6-3-7-13(20)16(12)21-14(23)9-27-15(24)8-22-17(25)10-4-1-2-5-11(10)18(22)26/h3,6-7,10-11H,1-2,4-5,8-9H2,(H,21,23)/t10-,11-/m0/s1. The molecule has 0 spiro atoms. The van der Waals surface area contributed by atoms with E-state index in [0.29, 0.717) is 12.8 Å². The van der Waals surface area contributed by atoms with Crippen molar-refractivity contribution in [3.63, 3.8) is 0 Å². The summed E-state index contributed by atoms with van der Waals surface area (Å²) in [7, 11) is 0. The van der Waals surface area contributed by atoms with Crippen molar-refractivity contribution in [3.8, 4) is 0 Å². The maximum Gasteiger partial charge on any atom is 0.326 e. The molecule has 1 N–H and O–H groups in total. The Bertz CT molecular complexity index is 754. The van der Waals surface area contributed by atoms with Gasteiger partial charge in [-0.25, -0.2) is 0 Å². The van der Waals surface area contributed by atoms with E-state index in [9.17, 15) is 19.2 Å². The zero-order chi connectivity index (χ0) is 19.6. The summed E-state index contributed by atoms with van der Waals surface area (Å²) in [6.07, 6.45) is 3.15. The Morgan fingerprint density at radius 3 is 2.19 bits per heavy atom. The van der Waals surface area contributed by atoms with Crippen LogP contribution in [0.5, 0.6) is 0 Å². The van der Waals surface area contributed by atoms with Crippen molar-refractivity contribution in [1.29, 1.82) is 0 Å². The molecule has 0 radical (unpaired) electrons. The van der Waals surface area contributed by atoms with Crippen molar-refractivity contribution in [3.05, 3.63) is 28.2 Å². The van der Waals surface area contributed by atoms with Gasteiger partial charge in [-0.2, -0.15) is 0 Å². The van der Waals surface area contributed by atoms with Crippen LogP contribution in [0.2, 0.25) is 10.0 Å². The van der Waals surface area contributed by atoms with Crippen LogP contribution >= 0.6 is 23.2 Å². The molecule has 1 aliphatic carbocycles. The van der Waals surface area contributed by atoms with Gasteiger partial charge in [0.1, 0.15) is 6.54 Å². The highest BCUT2D eigenvalue weighted by Gasteiger charge is 2.48. The summed E-state index contributed by atoms with van der Waals surface area (Å²) < 4.78 is 4.88. The molecular weight excluding hydrogens is 395 g/mol. The van der Waals surface area contributed by atoms with Crippen molar-refractivity contribution >= 4 is 52.6 Å². The smallest absolute Gasteiger partial charge is 0.326 e. The lowest BCUT2D eigenvalue weighted by atomic mass is 9.81. The van der Waals surface area contributed by atoms with Crippen molar-refractivity contribution < 1.29 is 23.9 Å². The molecule has 7 nitrogen and oxygen atoms in total. The van der Waals surface area contributed by atoms with Crippen LogP contribution < -0.4 is 5.32 Å². The molecule has 0 unspecified atom stereocenters. The molecule has 2 fully saturated rings. The first-order chi connectivity index (χ1) is 12.9. The normalized spacial score (nSPS) is 21.8. The summed E-state index contributed by atoms with van der Waals surface area (Å²) in [6.45, 7) is -1.06. The quantitative estimate of drug-likeness (QED) is 0.592. The number of nitrogens with zero attached hydrogens (tertiary/aromatic N) is 1. The number of anilines is 1. The van der Waals surface area contributed by atoms with Crippen molar-refractivity contribution in [2.24, 2.45) is 11.8 Å². The Labute approximate surface area is 165 Å². The molecule has 3 rings (SSSR count). The summed E-state index contributed by atoms with van der Waals surface area (Å²) in [4.78, 5) is 49.5. The molecular formula is C18H18Cl2N2O5. The van der Waals surface area contributed by atoms with Crippen molar-refractivity contribution in [1.82, 2.24) is 4.90 Å². The Morgan fingerprint density at radius 2 is 1.63 bits per heavy atom. The second-order valence-corrected chi connectivity index (χ2v) is 7.38. The van der Waals surface area contributed by atoms with Gasteiger partial charge in [0.05, 0.1) is 27.6 Å². The molecule has 0 aromatic heterocycles. The summed E-state index contributed by atoms with van der Waals surface area (Å²) >= 11 is 11.9. The lowest BCUT2D eigenvalue weighted by Crippen LogP contribution is -2.37. The van der Waals surface area contributed by atoms with Crippen LogP contribution in [0.15, 0.2) is 18.2 Å². The zero-order valence-electron chi connectivity index (χ0n) is 14.4. The number of rotatable bonds is 5. The highest BCUT2D eigenvalue weighted by molar-refractivity contribution is 6.39. The topological polar surface area (TPSA) is 92.8 Å². The fraction of sp³-hybridized carbons (Fsp3) is 0.444. The zero-order valence-corrected chi connectivity index (χ0v) is 15.9. The molecule has 1 aliphatic heterocycles. The predicted molar refractivity (Wildman–Crippen MR) is 98.2 cm³/mol. The first kappa shape index (κ1) is 19.6. The number of nitrogens with one attached hydrogen (secondary N) is 1. The fourth-order valence-electron chi connectivity index (χ4n) is 3.50. The van der Waals surface area contributed by atoms with Crippen LogP contribution in [0.25, 0.3) is 0 Å². The minimum atomic E-state index is -0.823. The summed E-state index contributed by atoms with van der Waals surface area (Å²) in [5.74, 6) is -2.76. The largest absolute Gasteiger partial charge is 0.454 e. The highest BCUT2D eigenvalue weighted by Crippen LogP contribution is 2.37. The Kier molecular flexibility index (Phi) is 6.01. The van der Waals surface area contributed by atoms with Gasteiger partial charge in [0.2, 0.25) is 11.8 Å². The number of hydrogen-bond donors (Lipinski definition) is 1. The SMILES string of the molecule is O=C(COC(=O)CN1C(=O)[C@H]2CCCC[C@@H]2C1=O)Nc1c(Cl)cccc1Cl. The van der Waals surface area contributed by atoms with Crippen LogP contribution in [-0.2, 0) is 23.9 Å². The summed E-state index contributed by atoms with van der Waals surface area (Å²) in [5.41, 5.74) is 0.218. The number of esters is 1. The Morgan fingerprint density at radius 1 is 1.07 bits per heavy atom. The molecule has 1 aromatic rings. The van der Waals surface area contributed by atoms with Crippen LogP contribution in [0.4, 0.5) is 5.69 Å². The number of likely N-dealkylation sites (tertiary alicyclic amines) is 1. The Balaban J connectivity index is 1.52. The van der Waals surface area contributed by atoms with Crippen LogP contribution in [-0.4, -0.2) is 41.7 Å². The molecule has 1 heterocycles. The molecule has 9 heteroatoms. The number of fused-ring (bicyclic) bond motifs is 1. The molecule has 1 aromatic carbocycles. The third-order valence-electron chi connectivity index (χ3n) is 4.81. The summed E-state index contributed by atoms with van der Waals surface area (Å²) in [5, 5.41) is 2.95. The third-order valence-corrected chi connectivity index (χ3v) is 5.44. The maximum atomic E-state index is 12.3. The molecule has 1 saturated heterocycles. The monoisotopic (exact) mass is 412 g/mol. The highest BCUT2D eigenvalue weighted by atomic mass is 35.5. The van der Waals surface area contributed by atoms with Crippen molar-refractivity contribution in [2.45, 2.75) is 25.7 Å². The average Bonchev–Trinajstić information content (AvgIpc) is 2.88. The molecule has 2 atom stereocenters. The van der Waals surface area contributed by atoms with Crippen molar-refractivity contribution in [2.75, 3.05) is 18.5 Å². The van der Waals surface area contributed by atoms with E-state index in [-0.39, 0.29) is 39.4 Å². The van der Waals surface area contributed by atoms with Gasteiger partial charge in [0.25, 0.3) is 5.91 Å². The summed E-state index contributed by atoms with van der Waals surface area (Å²) in [6, 6.07) is 4.74. The molecule has 27 heavy (non-hydrogen) atoms. The van der Waals surface area contributed by atoms with Crippen LogP contribution in [0, 0.1) is 11.8 Å². The van der Waals surface area contributed by atoms with E-state index in [1.54, 1.807) is 18.2 Å². The van der Waals surface area contributed by atoms with E-state index in [2.05, 4.69) is 5.32 Å². The minimum absolute atomic E-state index is 0.218. The molecule has 3 amide bonds. The number of para-hydroxylation sites is 1. The average molecular weight is 413 g/mol. The third kappa shape index (κ3) is 4.25. The van der Waals surface area contributed by atoms with E-state index in [1.807, 2.05) is 0 Å². The predicted octanol–water partition coefficient (Wildman–Crippen LogP) is 2.65. The van der Waals surface area contributed by atoms with E-state index in [4.69, 9.17) is 27.9 Å². The molecule has 0 bridgehead atoms. The number of amides is 3. The van der Waals surface area contributed by atoms with E-state index < -0.39 is 25.0 Å². The second kappa shape index (κ2) is 8.27. The number of halogens is 2. The number of carbonyl (C=O) groups is 4. The van der Waals surface area contributed by atoms with Crippen LogP contribution in [0.3, 0.4) is 0 Å². The van der Waals surface area contributed by atoms with E-state index >= 15 is 0 Å². The fourth-order valence-corrected chi connectivity index (χ4v) is 3.99. The van der Waals surface area contributed by atoms with Gasteiger partial charge in [-0.1, -0.05) is 42.1 Å². The number of imide groups is 1. The lowest BCUT2D eigenvalue weighted by molar-refractivity contribution is -0.154. The van der Waals surface area contributed by atoms with Crippen LogP contribution in [0.1, 0.15) is 25.7 Å². The first-order valence-corrected chi connectivity index (χ1v) is 9.38. The molecule has 1 saturated carbocycles. The van der Waals surface area contributed by atoms with Gasteiger partial charge < -0.3 is 10.1 Å².